The average molecular weight is 243 g/mol. The van der Waals surface area contributed by atoms with E-state index >= 15 is 0 Å². The summed E-state index contributed by atoms with van der Waals surface area (Å²) in [5, 5.41) is 45.6. The van der Waals surface area contributed by atoms with E-state index in [2.05, 4.69) is 15.9 Å². The summed E-state index contributed by atoms with van der Waals surface area (Å²) in [5.41, 5.74) is 0. The lowest BCUT2D eigenvalue weighted by Gasteiger charge is -2.39. The van der Waals surface area contributed by atoms with E-state index < -0.39 is 35.3 Å². The van der Waals surface area contributed by atoms with Crippen LogP contribution < -0.4 is 0 Å². The highest BCUT2D eigenvalue weighted by Crippen LogP contribution is 2.26. The zero-order chi connectivity index (χ0) is 9.46. The van der Waals surface area contributed by atoms with Gasteiger partial charge in [-0.3, -0.25) is 0 Å². The predicted octanol–water partition coefficient (Wildman–Crippen LogP) is -2.43. The fraction of sp³-hybridized carbons (Fsp3) is 1.00. The van der Waals surface area contributed by atoms with E-state index in [0.29, 0.717) is 0 Å². The Hall–Kier alpha value is 0.280. The Morgan fingerprint density at radius 1 is 0.583 bits per heavy atom. The molecule has 1 saturated carbocycles. The Balaban J connectivity index is 2.76. The van der Waals surface area contributed by atoms with E-state index in [4.69, 9.17) is 15.3 Å². The van der Waals surface area contributed by atoms with Gasteiger partial charge >= 0.3 is 0 Å². The SMILES string of the molecule is OC1[C@@H](O)[C@H](O)C(Br)[C@H](O)[C@H]1O. The zero-order valence-corrected chi connectivity index (χ0v) is 7.66. The summed E-state index contributed by atoms with van der Waals surface area (Å²) >= 11 is 2.90. The van der Waals surface area contributed by atoms with Gasteiger partial charge in [0.25, 0.3) is 0 Å². The molecular formula is C6H11BrO5. The first kappa shape index (κ1) is 10.4. The van der Waals surface area contributed by atoms with Gasteiger partial charge in [-0.15, -0.1) is 0 Å². The Morgan fingerprint density at radius 2 is 0.833 bits per heavy atom. The highest BCUT2D eigenvalue weighted by molar-refractivity contribution is 9.09. The molecule has 12 heavy (non-hydrogen) atoms. The van der Waals surface area contributed by atoms with Crippen molar-refractivity contribution in [2.24, 2.45) is 0 Å². The van der Waals surface area contributed by atoms with Gasteiger partial charge in [0.1, 0.15) is 18.3 Å². The molecule has 0 aromatic rings. The molecule has 0 bridgehead atoms. The summed E-state index contributed by atoms with van der Waals surface area (Å²) in [6, 6.07) is 0. The lowest BCUT2D eigenvalue weighted by molar-refractivity contribution is -0.171. The second-order valence-corrected chi connectivity index (χ2v) is 3.95. The van der Waals surface area contributed by atoms with Gasteiger partial charge in [-0.2, -0.15) is 0 Å². The molecule has 0 aliphatic heterocycles. The summed E-state index contributed by atoms with van der Waals surface area (Å²) in [6.45, 7) is 0. The van der Waals surface area contributed by atoms with Crippen molar-refractivity contribution in [3.05, 3.63) is 0 Å². The number of aliphatic hydroxyl groups is 5. The van der Waals surface area contributed by atoms with Crippen LogP contribution in [0.5, 0.6) is 0 Å². The van der Waals surface area contributed by atoms with Crippen molar-refractivity contribution in [1.82, 2.24) is 0 Å². The van der Waals surface area contributed by atoms with Crippen LogP contribution in [0.2, 0.25) is 0 Å². The van der Waals surface area contributed by atoms with E-state index in [-0.39, 0.29) is 0 Å². The van der Waals surface area contributed by atoms with Crippen molar-refractivity contribution in [1.29, 1.82) is 0 Å². The summed E-state index contributed by atoms with van der Waals surface area (Å²) < 4.78 is 0. The van der Waals surface area contributed by atoms with Crippen molar-refractivity contribution >= 4 is 15.9 Å². The highest BCUT2D eigenvalue weighted by Gasteiger charge is 2.46. The maximum absolute atomic E-state index is 9.18. The summed E-state index contributed by atoms with van der Waals surface area (Å²) in [5.74, 6) is 0. The van der Waals surface area contributed by atoms with Crippen LogP contribution in [-0.4, -0.2) is 60.9 Å². The molecule has 5 nitrogen and oxygen atoms in total. The molecule has 1 fully saturated rings. The van der Waals surface area contributed by atoms with Crippen LogP contribution in [0.3, 0.4) is 0 Å². The van der Waals surface area contributed by atoms with Crippen LogP contribution in [0.15, 0.2) is 0 Å². The molecule has 0 aromatic carbocycles. The monoisotopic (exact) mass is 242 g/mol. The van der Waals surface area contributed by atoms with E-state index in [0.717, 1.165) is 0 Å². The minimum atomic E-state index is -1.51. The number of hydrogen-bond acceptors (Lipinski definition) is 5. The largest absolute Gasteiger partial charge is 0.389 e. The first-order chi connectivity index (χ1) is 5.46. The molecule has 0 radical (unpaired) electrons. The molecule has 1 aliphatic rings. The molecule has 6 atom stereocenters. The van der Waals surface area contributed by atoms with E-state index in [1.165, 1.54) is 0 Å². The molecule has 0 saturated heterocycles. The van der Waals surface area contributed by atoms with Crippen LogP contribution >= 0.6 is 15.9 Å². The summed E-state index contributed by atoms with van der Waals surface area (Å²) in [7, 11) is 0. The third-order valence-electron chi connectivity index (χ3n) is 2.05. The fourth-order valence-electron chi connectivity index (χ4n) is 1.18. The molecule has 6 heteroatoms. The quantitative estimate of drug-likeness (QED) is 0.304. The van der Waals surface area contributed by atoms with E-state index in [1.54, 1.807) is 0 Å². The zero-order valence-electron chi connectivity index (χ0n) is 6.08. The van der Waals surface area contributed by atoms with Gasteiger partial charge in [0, 0.05) is 0 Å². The number of rotatable bonds is 0. The number of alkyl halides is 1. The molecule has 0 heterocycles. The normalized spacial score (nSPS) is 55.5. The van der Waals surface area contributed by atoms with Gasteiger partial charge in [-0.25, -0.2) is 0 Å². The van der Waals surface area contributed by atoms with Gasteiger partial charge in [-0.1, -0.05) is 15.9 Å². The predicted molar refractivity (Wildman–Crippen MR) is 42.7 cm³/mol. The smallest absolute Gasteiger partial charge is 0.111 e. The van der Waals surface area contributed by atoms with E-state index in [9.17, 15) is 10.2 Å². The number of halogens is 1. The van der Waals surface area contributed by atoms with Crippen LogP contribution in [0, 0.1) is 0 Å². The van der Waals surface area contributed by atoms with Crippen LogP contribution in [0.1, 0.15) is 0 Å². The second-order valence-electron chi connectivity index (χ2n) is 2.90. The van der Waals surface area contributed by atoms with Gasteiger partial charge < -0.3 is 25.5 Å². The Kier molecular flexibility index (Phi) is 3.08. The minimum absolute atomic E-state index is 0.828. The fourth-order valence-corrected chi connectivity index (χ4v) is 1.81. The summed E-state index contributed by atoms with van der Waals surface area (Å²) in [6.07, 6.45) is -6.94. The van der Waals surface area contributed by atoms with Gasteiger partial charge in [0.2, 0.25) is 0 Å². The second kappa shape index (κ2) is 3.57. The van der Waals surface area contributed by atoms with Crippen LogP contribution in [0.25, 0.3) is 0 Å². The lowest BCUT2D eigenvalue weighted by Crippen LogP contribution is -2.61. The van der Waals surface area contributed by atoms with Gasteiger partial charge in [-0.05, 0) is 0 Å². The molecule has 0 amide bonds. The first-order valence-electron chi connectivity index (χ1n) is 3.51. The maximum Gasteiger partial charge on any atom is 0.111 e. The molecule has 0 spiro atoms. The summed E-state index contributed by atoms with van der Waals surface area (Å²) in [4.78, 5) is -0.828. The van der Waals surface area contributed by atoms with Crippen LogP contribution in [-0.2, 0) is 0 Å². The number of aliphatic hydroxyl groups excluding tert-OH is 5. The van der Waals surface area contributed by atoms with Gasteiger partial charge in [0.05, 0.1) is 17.0 Å². The molecule has 1 rings (SSSR count). The highest BCUT2D eigenvalue weighted by atomic mass is 79.9. The third kappa shape index (κ3) is 1.50. The number of hydrogen-bond donors (Lipinski definition) is 5. The van der Waals surface area contributed by atoms with Crippen molar-refractivity contribution in [2.45, 2.75) is 35.3 Å². The molecule has 0 aromatic heterocycles. The molecule has 5 N–H and O–H groups in total. The third-order valence-corrected chi connectivity index (χ3v) is 3.14. The van der Waals surface area contributed by atoms with Gasteiger partial charge in [0.15, 0.2) is 0 Å². The maximum atomic E-state index is 9.18. The standard InChI is InChI=1S/C6H11BrO5/c7-1-2(8)4(10)6(12)5(11)3(1)9/h1-6,8-12H/t1?,2-,3+,4+,5-,6?. The van der Waals surface area contributed by atoms with Crippen molar-refractivity contribution < 1.29 is 25.5 Å². The molecular weight excluding hydrogens is 232 g/mol. The van der Waals surface area contributed by atoms with E-state index in [1.807, 2.05) is 0 Å². The molecule has 1 aliphatic carbocycles. The topological polar surface area (TPSA) is 101 Å². The molecule has 72 valence electrons. The first-order valence-corrected chi connectivity index (χ1v) is 4.42. The van der Waals surface area contributed by atoms with Crippen LogP contribution in [0.4, 0.5) is 0 Å². The minimum Gasteiger partial charge on any atom is -0.389 e. The average Bonchev–Trinajstić information content (AvgIpc) is 2.08. The van der Waals surface area contributed by atoms with Crippen molar-refractivity contribution in [3.8, 4) is 0 Å². The van der Waals surface area contributed by atoms with Crippen molar-refractivity contribution in [3.63, 3.8) is 0 Å². The Labute approximate surface area is 77.4 Å². The van der Waals surface area contributed by atoms with Crippen molar-refractivity contribution in [2.75, 3.05) is 0 Å². The molecule has 2 unspecified atom stereocenters. The Morgan fingerprint density at radius 3 is 1.17 bits per heavy atom. The lowest BCUT2D eigenvalue weighted by atomic mass is 9.87. The Bertz CT molecular complexity index is 107.